The van der Waals surface area contributed by atoms with Crippen LogP contribution in [0.1, 0.15) is 48.2 Å². The second kappa shape index (κ2) is 9.55. The van der Waals surface area contributed by atoms with Crippen LogP contribution in [0.4, 0.5) is 0 Å². The number of rotatable bonds is 5. The van der Waals surface area contributed by atoms with Gasteiger partial charge in [-0.3, -0.25) is 4.79 Å². The Morgan fingerprint density at radius 1 is 1.10 bits per heavy atom. The maximum absolute atomic E-state index is 13.2. The Kier molecular flexibility index (Phi) is 6.60. The maximum atomic E-state index is 13.2. The quantitative estimate of drug-likeness (QED) is 0.517. The van der Waals surface area contributed by atoms with Crippen molar-refractivity contribution in [2.45, 2.75) is 44.6 Å². The summed E-state index contributed by atoms with van der Waals surface area (Å²) in [6.45, 7) is 0. The van der Waals surface area contributed by atoms with Gasteiger partial charge in [-0.25, -0.2) is 4.68 Å². The second-order valence-corrected chi connectivity index (χ2v) is 8.53. The first-order valence-electron chi connectivity index (χ1n) is 10.4. The summed E-state index contributed by atoms with van der Waals surface area (Å²) in [4.78, 5) is 13.2. The highest BCUT2D eigenvalue weighted by Gasteiger charge is 2.27. The Morgan fingerprint density at radius 2 is 1.81 bits per heavy atom. The highest BCUT2D eigenvalue weighted by molar-refractivity contribution is 6.32. The summed E-state index contributed by atoms with van der Waals surface area (Å²) in [6.07, 6.45) is 5.41. The number of carbonyl (C=O) groups excluding carboxylic acids is 1. The maximum Gasteiger partial charge on any atom is 0.272 e. The molecule has 158 valence electrons. The number of benzene rings is 2. The Labute approximate surface area is 191 Å². The van der Waals surface area contributed by atoms with E-state index in [2.05, 4.69) is 16.5 Å². The van der Waals surface area contributed by atoms with Crippen LogP contribution in [0.2, 0.25) is 10.0 Å². The summed E-state index contributed by atoms with van der Waals surface area (Å²) in [7, 11) is 0. The number of carbonyl (C=O) groups is 1. The van der Waals surface area contributed by atoms with Gasteiger partial charge in [0.1, 0.15) is 0 Å². The summed E-state index contributed by atoms with van der Waals surface area (Å²) in [5.41, 5.74) is 2.96. The monoisotopic (exact) mass is 452 g/mol. The molecule has 0 radical (unpaired) electrons. The fraction of sp³-hybridized carbons (Fsp3) is 0.292. The van der Waals surface area contributed by atoms with Crippen molar-refractivity contribution in [1.82, 2.24) is 15.1 Å². The van der Waals surface area contributed by atoms with Crippen LogP contribution in [-0.4, -0.2) is 21.7 Å². The fourth-order valence-corrected chi connectivity index (χ4v) is 4.42. The smallest absolute Gasteiger partial charge is 0.272 e. The molecule has 4 rings (SSSR count). The van der Waals surface area contributed by atoms with Crippen molar-refractivity contribution in [2.75, 3.05) is 0 Å². The van der Waals surface area contributed by atoms with Crippen LogP contribution in [0, 0.1) is 11.3 Å². The number of nitrogens with zero attached hydrogens (tertiary/aromatic N) is 3. The number of amides is 1. The molecule has 0 atom stereocenters. The molecule has 1 heterocycles. The Hall–Kier alpha value is -2.81. The third-order valence-electron chi connectivity index (χ3n) is 5.59. The molecule has 3 aromatic rings. The molecule has 5 nitrogen and oxygen atoms in total. The SMILES string of the molecule is N#CCc1c(C(=O)NC2CCCCC2)nn(-c2ccccc2Cl)c1-c1ccc(Cl)cc1. The normalized spacial score (nSPS) is 14.2. The highest BCUT2D eigenvalue weighted by atomic mass is 35.5. The predicted molar refractivity (Wildman–Crippen MR) is 123 cm³/mol. The minimum atomic E-state index is -0.252. The van der Waals surface area contributed by atoms with E-state index >= 15 is 0 Å². The van der Waals surface area contributed by atoms with Crippen molar-refractivity contribution in [3.05, 3.63) is 69.8 Å². The number of nitrogens with one attached hydrogen (secondary N) is 1. The molecule has 2 aromatic carbocycles. The summed E-state index contributed by atoms with van der Waals surface area (Å²) >= 11 is 12.6. The van der Waals surface area contributed by atoms with Gasteiger partial charge in [-0.1, -0.05) is 66.7 Å². The lowest BCUT2D eigenvalue weighted by Crippen LogP contribution is -2.36. The first-order valence-corrected chi connectivity index (χ1v) is 11.1. The summed E-state index contributed by atoms with van der Waals surface area (Å²) < 4.78 is 1.66. The van der Waals surface area contributed by atoms with Gasteiger partial charge >= 0.3 is 0 Å². The zero-order valence-electron chi connectivity index (χ0n) is 16.9. The van der Waals surface area contributed by atoms with Gasteiger partial charge in [-0.05, 0) is 37.1 Å². The fourth-order valence-electron chi connectivity index (χ4n) is 4.08. The lowest BCUT2D eigenvalue weighted by Gasteiger charge is -2.22. The van der Waals surface area contributed by atoms with E-state index in [9.17, 15) is 10.1 Å². The summed E-state index contributed by atoms with van der Waals surface area (Å²) in [5.74, 6) is -0.252. The van der Waals surface area contributed by atoms with Crippen LogP contribution in [-0.2, 0) is 6.42 Å². The molecule has 0 bridgehead atoms. The van der Waals surface area contributed by atoms with Crippen LogP contribution in [0.15, 0.2) is 48.5 Å². The number of hydrogen-bond acceptors (Lipinski definition) is 3. The van der Waals surface area contributed by atoms with Gasteiger partial charge in [-0.2, -0.15) is 10.4 Å². The van der Waals surface area contributed by atoms with Crippen LogP contribution < -0.4 is 5.32 Å². The van der Waals surface area contributed by atoms with Gasteiger partial charge < -0.3 is 5.32 Å². The molecule has 0 aliphatic heterocycles. The molecule has 31 heavy (non-hydrogen) atoms. The predicted octanol–water partition coefficient (Wildman–Crippen LogP) is 5.97. The van der Waals surface area contributed by atoms with Crippen molar-refractivity contribution in [1.29, 1.82) is 5.26 Å². The van der Waals surface area contributed by atoms with E-state index in [4.69, 9.17) is 23.2 Å². The lowest BCUT2D eigenvalue weighted by molar-refractivity contribution is 0.0921. The molecule has 1 amide bonds. The van der Waals surface area contributed by atoms with E-state index in [1.54, 1.807) is 22.9 Å². The third kappa shape index (κ3) is 4.61. The van der Waals surface area contributed by atoms with Crippen molar-refractivity contribution >= 4 is 29.1 Å². The number of hydrogen-bond donors (Lipinski definition) is 1. The van der Waals surface area contributed by atoms with E-state index in [1.165, 1.54) is 6.42 Å². The molecular formula is C24H22Cl2N4O. The molecule has 0 unspecified atom stereocenters. The van der Waals surface area contributed by atoms with Crippen molar-refractivity contribution < 1.29 is 4.79 Å². The van der Waals surface area contributed by atoms with Gasteiger partial charge in [0.15, 0.2) is 5.69 Å². The molecular weight excluding hydrogens is 431 g/mol. The summed E-state index contributed by atoms with van der Waals surface area (Å²) in [5, 5.41) is 18.4. The zero-order valence-corrected chi connectivity index (χ0v) is 18.5. The first-order chi connectivity index (χ1) is 15.1. The number of para-hydroxylation sites is 1. The zero-order chi connectivity index (χ0) is 21.8. The number of halogens is 2. The Bertz CT molecular complexity index is 1130. The van der Waals surface area contributed by atoms with Crippen LogP contribution >= 0.6 is 23.2 Å². The molecule has 1 aliphatic carbocycles. The van der Waals surface area contributed by atoms with Gasteiger partial charge in [0.2, 0.25) is 0 Å². The van der Waals surface area contributed by atoms with E-state index in [0.717, 1.165) is 31.2 Å². The minimum Gasteiger partial charge on any atom is -0.348 e. The van der Waals surface area contributed by atoms with Crippen LogP contribution in [0.5, 0.6) is 0 Å². The van der Waals surface area contributed by atoms with Gasteiger partial charge in [0.05, 0.1) is 28.9 Å². The largest absolute Gasteiger partial charge is 0.348 e. The van der Waals surface area contributed by atoms with E-state index < -0.39 is 0 Å². The number of aromatic nitrogens is 2. The lowest BCUT2D eigenvalue weighted by atomic mass is 9.95. The van der Waals surface area contributed by atoms with Crippen LogP contribution in [0.3, 0.4) is 0 Å². The molecule has 1 N–H and O–H groups in total. The minimum absolute atomic E-state index is 0.0514. The van der Waals surface area contributed by atoms with E-state index in [1.807, 2.05) is 30.3 Å². The molecule has 1 aliphatic rings. The Morgan fingerprint density at radius 3 is 2.48 bits per heavy atom. The van der Waals surface area contributed by atoms with Gasteiger partial charge in [0.25, 0.3) is 5.91 Å². The third-order valence-corrected chi connectivity index (χ3v) is 6.16. The van der Waals surface area contributed by atoms with E-state index in [0.29, 0.717) is 27.0 Å². The molecule has 1 aromatic heterocycles. The molecule has 1 fully saturated rings. The second-order valence-electron chi connectivity index (χ2n) is 7.69. The topological polar surface area (TPSA) is 70.7 Å². The Balaban J connectivity index is 1.86. The average Bonchev–Trinajstić information content (AvgIpc) is 3.15. The highest BCUT2D eigenvalue weighted by Crippen LogP contribution is 2.33. The van der Waals surface area contributed by atoms with Crippen molar-refractivity contribution in [3.8, 4) is 23.0 Å². The van der Waals surface area contributed by atoms with Crippen LogP contribution in [0.25, 0.3) is 16.9 Å². The molecule has 0 spiro atoms. The van der Waals surface area contributed by atoms with Crippen molar-refractivity contribution in [3.63, 3.8) is 0 Å². The van der Waals surface area contributed by atoms with Gasteiger partial charge in [0, 0.05) is 22.2 Å². The molecule has 7 heteroatoms. The average molecular weight is 453 g/mol. The standard InChI is InChI=1S/C24H22Cl2N4O/c25-17-12-10-16(11-13-17)23-19(14-15-27)22(24(31)28-18-6-2-1-3-7-18)29-30(23)21-9-5-4-8-20(21)26/h4-5,8-13,18H,1-3,6-7,14H2,(H,28,31). The summed E-state index contributed by atoms with van der Waals surface area (Å²) in [6, 6.07) is 16.9. The van der Waals surface area contributed by atoms with Gasteiger partial charge in [-0.15, -0.1) is 0 Å². The molecule has 1 saturated carbocycles. The van der Waals surface area contributed by atoms with Crippen molar-refractivity contribution in [2.24, 2.45) is 0 Å². The first kappa shape index (κ1) is 21.4. The molecule has 0 saturated heterocycles. The number of nitriles is 1. The van der Waals surface area contributed by atoms with E-state index in [-0.39, 0.29) is 24.1 Å².